The molecule has 0 bridgehead atoms. The molecule has 0 radical (unpaired) electrons. The molecule has 1 unspecified atom stereocenters. The second-order valence-electron chi connectivity index (χ2n) is 23.1. The Morgan fingerprint density at radius 2 is 0.446 bits per heavy atom. The number of unbranched alkanes of at least 4 members (excludes halogenated alkanes) is 50. The van der Waals surface area contributed by atoms with Gasteiger partial charge in [0, 0.05) is 19.3 Å². The first-order chi connectivity index (χ1) is 36.5. The zero-order valence-electron chi connectivity index (χ0n) is 50.4. The highest BCUT2D eigenvalue weighted by Crippen LogP contribution is 2.19. The molecule has 0 N–H and O–H groups in total. The van der Waals surface area contributed by atoms with E-state index in [0.29, 0.717) is 19.3 Å². The Balaban J connectivity index is 4.18. The number of allylic oxidation sites excluding steroid dienone is 2. The van der Waals surface area contributed by atoms with E-state index in [0.717, 1.165) is 57.8 Å². The Bertz CT molecular complexity index is 1150. The van der Waals surface area contributed by atoms with Gasteiger partial charge in [-0.1, -0.05) is 335 Å². The summed E-state index contributed by atoms with van der Waals surface area (Å²) in [7, 11) is 0. The lowest BCUT2D eigenvalue weighted by Crippen LogP contribution is -2.30. The van der Waals surface area contributed by atoms with E-state index in [2.05, 4.69) is 32.9 Å². The van der Waals surface area contributed by atoms with Crippen LogP contribution in [0.3, 0.4) is 0 Å². The summed E-state index contributed by atoms with van der Waals surface area (Å²) in [5, 5.41) is 0. The van der Waals surface area contributed by atoms with Crippen molar-refractivity contribution < 1.29 is 28.6 Å². The van der Waals surface area contributed by atoms with Crippen molar-refractivity contribution in [1.29, 1.82) is 0 Å². The minimum Gasteiger partial charge on any atom is -0.462 e. The number of carbonyl (C=O) groups is 3. The molecule has 6 nitrogen and oxygen atoms in total. The van der Waals surface area contributed by atoms with Gasteiger partial charge in [0.2, 0.25) is 0 Å². The summed E-state index contributed by atoms with van der Waals surface area (Å²) >= 11 is 0. The fourth-order valence-corrected chi connectivity index (χ4v) is 10.4. The molecule has 0 aliphatic rings. The molecule has 74 heavy (non-hydrogen) atoms. The van der Waals surface area contributed by atoms with Gasteiger partial charge >= 0.3 is 17.9 Å². The third-order valence-electron chi connectivity index (χ3n) is 15.5. The molecule has 1 atom stereocenters. The van der Waals surface area contributed by atoms with Crippen LogP contribution in [0, 0.1) is 0 Å². The van der Waals surface area contributed by atoms with E-state index in [1.165, 1.54) is 289 Å². The maximum atomic E-state index is 12.9. The molecule has 0 aliphatic carbocycles. The van der Waals surface area contributed by atoms with Crippen molar-refractivity contribution in [3.05, 3.63) is 12.2 Å². The fraction of sp³-hybridized carbons (Fsp3) is 0.926. The van der Waals surface area contributed by atoms with Crippen LogP contribution in [0.2, 0.25) is 0 Å². The quantitative estimate of drug-likeness (QED) is 0.0261. The molecule has 0 heterocycles. The lowest BCUT2D eigenvalue weighted by molar-refractivity contribution is -0.167. The van der Waals surface area contributed by atoms with E-state index in [1.54, 1.807) is 0 Å². The fourth-order valence-electron chi connectivity index (χ4n) is 10.4. The van der Waals surface area contributed by atoms with Crippen LogP contribution >= 0.6 is 0 Å². The average Bonchev–Trinajstić information content (AvgIpc) is 3.40. The average molecular weight is 1040 g/mol. The van der Waals surface area contributed by atoms with E-state index in [1.807, 2.05) is 0 Å². The first-order valence-electron chi connectivity index (χ1n) is 33.7. The van der Waals surface area contributed by atoms with E-state index in [-0.39, 0.29) is 31.1 Å². The minimum atomic E-state index is -0.768. The van der Waals surface area contributed by atoms with Gasteiger partial charge in [0.25, 0.3) is 0 Å². The lowest BCUT2D eigenvalue weighted by Gasteiger charge is -2.18. The van der Waals surface area contributed by atoms with E-state index in [9.17, 15) is 14.4 Å². The molecular weight excluding hydrogens is 913 g/mol. The highest BCUT2D eigenvalue weighted by Gasteiger charge is 2.19. The minimum absolute atomic E-state index is 0.0652. The van der Waals surface area contributed by atoms with Crippen LogP contribution in [0.4, 0.5) is 0 Å². The molecule has 438 valence electrons. The number of ether oxygens (including phenoxy) is 3. The third kappa shape index (κ3) is 61.0. The van der Waals surface area contributed by atoms with E-state index in [4.69, 9.17) is 14.2 Å². The molecule has 0 aromatic carbocycles. The second-order valence-corrected chi connectivity index (χ2v) is 23.1. The van der Waals surface area contributed by atoms with Crippen molar-refractivity contribution in [1.82, 2.24) is 0 Å². The zero-order valence-corrected chi connectivity index (χ0v) is 50.4. The molecule has 0 aromatic heterocycles. The maximum absolute atomic E-state index is 12.9. The SMILES string of the molecule is CCCCCCCCC/C=C\CCCCCCCCCC(=O)OC(COC(=O)CCCCCCCCCCCCCC)COC(=O)CCCCCCCCCCCCCCCCCCCCCCCCCCCC. The molecule has 0 rings (SSSR count). The second kappa shape index (κ2) is 63.7. The molecule has 0 fully saturated rings. The first kappa shape index (κ1) is 72.2. The Labute approximate surface area is 462 Å². The standard InChI is InChI=1S/C68H130O6/c1-4-7-10-13-16-19-22-25-27-29-31-32-33-34-35-36-37-38-40-41-43-46-49-52-55-58-61-67(70)73-64-65(63-72-66(69)60-57-54-51-48-45-24-21-18-15-12-9-6-3)74-68(71)62-59-56-53-50-47-44-42-39-30-28-26-23-20-17-14-11-8-5-2/h28,30,65H,4-27,29,31-64H2,1-3H3/b30-28-. The van der Waals surface area contributed by atoms with Crippen molar-refractivity contribution in [2.75, 3.05) is 13.2 Å². The Morgan fingerprint density at radius 1 is 0.257 bits per heavy atom. The van der Waals surface area contributed by atoms with Crippen molar-refractivity contribution in [3.63, 3.8) is 0 Å². The molecule has 0 amide bonds. The smallest absolute Gasteiger partial charge is 0.306 e. The number of carbonyl (C=O) groups excluding carboxylic acids is 3. The molecular formula is C68H130O6. The van der Waals surface area contributed by atoms with E-state index < -0.39 is 6.10 Å². The first-order valence-corrected chi connectivity index (χ1v) is 33.7. The summed E-state index contributed by atoms with van der Waals surface area (Å²) in [6, 6.07) is 0. The summed E-state index contributed by atoms with van der Waals surface area (Å²) < 4.78 is 17.0. The van der Waals surface area contributed by atoms with Crippen LogP contribution < -0.4 is 0 Å². The van der Waals surface area contributed by atoms with Gasteiger partial charge in [-0.15, -0.1) is 0 Å². The van der Waals surface area contributed by atoms with Crippen molar-refractivity contribution in [3.8, 4) is 0 Å². The van der Waals surface area contributed by atoms with Gasteiger partial charge < -0.3 is 14.2 Å². The van der Waals surface area contributed by atoms with Gasteiger partial charge in [0.05, 0.1) is 0 Å². The number of hydrogen-bond acceptors (Lipinski definition) is 6. The number of esters is 3. The van der Waals surface area contributed by atoms with Crippen molar-refractivity contribution in [2.24, 2.45) is 0 Å². The largest absolute Gasteiger partial charge is 0.462 e. The predicted octanol–water partition coefficient (Wildman–Crippen LogP) is 22.8. The predicted molar refractivity (Wildman–Crippen MR) is 321 cm³/mol. The Kier molecular flexibility index (Phi) is 62.1. The zero-order chi connectivity index (χ0) is 53.6. The number of hydrogen-bond donors (Lipinski definition) is 0. The van der Waals surface area contributed by atoms with Gasteiger partial charge in [-0.05, 0) is 44.9 Å². The Morgan fingerprint density at radius 3 is 0.676 bits per heavy atom. The van der Waals surface area contributed by atoms with Gasteiger partial charge in [0.15, 0.2) is 6.10 Å². The summed E-state index contributed by atoms with van der Waals surface area (Å²) in [6.45, 7) is 6.71. The molecule has 0 saturated heterocycles. The summed E-state index contributed by atoms with van der Waals surface area (Å²) in [4.78, 5) is 38.3. The normalized spacial score (nSPS) is 12.0. The van der Waals surface area contributed by atoms with E-state index >= 15 is 0 Å². The summed E-state index contributed by atoms with van der Waals surface area (Å²) in [6.07, 6.45) is 75.2. The van der Waals surface area contributed by atoms with Gasteiger partial charge in [-0.25, -0.2) is 0 Å². The van der Waals surface area contributed by atoms with Crippen molar-refractivity contribution >= 4 is 17.9 Å². The van der Waals surface area contributed by atoms with Crippen LogP contribution in [-0.4, -0.2) is 37.2 Å². The van der Waals surface area contributed by atoms with Crippen molar-refractivity contribution in [2.45, 2.75) is 393 Å². The monoisotopic (exact) mass is 1040 g/mol. The topological polar surface area (TPSA) is 78.9 Å². The van der Waals surface area contributed by atoms with Crippen LogP contribution in [0.25, 0.3) is 0 Å². The van der Waals surface area contributed by atoms with Crippen LogP contribution in [0.5, 0.6) is 0 Å². The maximum Gasteiger partial charge on any atom is 0.306 e. The molecule has 6 heteroatoms. The van der Waals surface area contributed by atoms with Gasteiger partial charge in [-0.3, -0.25) is 14.4 Å². The van der Waals surface area contributed by atoms with Crippen LogP contribution in [0.15, 0.2) is 12.2 Å². The summed E-state index contributed by atoms with van der Waals surface area (Å²) in [5.41, 5.74) is 0. The highest BCUT2D eigenvalue weighted by atomic mass is 16.6. The molecule has 0 saturated carbocycles. The molecule has 0 aromatic rings. The van der Waals surface area contributed by atoms with Crippen LogP contribution in [0.1, 0.15) is 387 Å². The van der Waals surface area contributed by atoms with Crippen LogP contribution in [-0.2, 0) is 28.6 Å². The molecule has 0 aliphatic heterocycles. The highest BCUT2D eigenvalue weighted by molar-refractivity contribution is 5.71. The Hall–Kier alpha value is -1.85. The summed E-state index contributed by atoms with van der Waals surface area (Å²) in [5.74, 6) is -0.839. The lowest BCUT2D eigenvalue weighted by atomic mass is 10.0. The van der Waals surface area contributed by atoms with Gasteiger partial charge in [0.1, 0.15) is 13.2 Å². The molecule has 0 spiro atoms. The van der Waals surface area contributed by atoms with Gasteiger partial charge in [-0.2, -0.15) is 0 Å². The third-order valence-corrected chi connectivity index (χ3v) is 15.5. The number of rotatable bonds is 63.